The molecule has 1 aliphatic rings. The molecule has 0 saturated carbocycles. The van der Waals surface area contributed by atoms with Gasteiger partial charge in [0.2, 0.25) is 0 Å². The zero-order chi connectivity index (χ0) is 18.1. The zero-order valence-electron chi connectivity index (χ0n) is 12.7. The molecule has 1 N–H and O–H groups in total. The van der Waals surface area contributed by atoms with Crippen molar-refractivity contribution in [3.63, 3.8) is 0 Å². The van der Waals surface area contributed by atoms with Crippen LogP contribution in [0.5, 0.6) is 0 Å². The third-order valence-electron chi connectivity index (χ3n) is 3.78. The number of hydrogen-bond acceptors (Lipinski definition) is 3. The topological polar surface area (TPSA) is 57.6 Å². The molecule has 25 heavy (non-hydrogen) atoms. The van der Waals surface area contributed by atoms with E-state index in [0.717, 1.165) is 5.56 Å². The molecule has 130 valence electrons. The lowest BCUT2D eigenvalue weighted by atomic mass is 10.1. The number of thioether (sulfide) groups is 1. The maximum absolute atomic E-state index is 13.0. The van der Waals surface area contributed by atoms with E-state index in [9.17, 15) is 14.7 Å². The van der Waals surface area contributed by atoms with E-state index in [1.807, 2.05) is 0 Å². The van der Waals surface area contributed by atoms with Crippen LogP contribution in [0.2, 0.25) is 15.1 Å². The number of rotatable bonds is 3. The third-order valence-corrected chi connectivity index (χ3v) is 5.80. The summed E-state index contributed by atoms with van der Waals surface area (Å²) in [6, 6.07) is 10.5. The average molecular weight is 417 g/mol. The first-order chi connectivity index (χ1) is 11.9. The van der Waals surface area contributed by atoms with Gasteiger partial charge >= 0.3 is 5.97 Å². The normalized spacial score (nSPS) is 19.9. The number of carbonyl (C=O) groups excluding carboxylic acids is 1. The van der Waals surface area contributed by atoms with Crippen LogP contribution in [-0.4, -0.2) is 33.7 Å². The second kappa shape index (κ2) is 7.46. The number of carbonyl (C=O) groups is 2. The van der Waals surface area contributed by atoms with Crippen LogP contribution in [0.15, 0.2) is 42.5 Å². The third kappa shape index (κ3) is 3.90. The van der Waals surface area contributed by atoms with E-state index in [2.05, 4.69) is 0 Å². The monoisotopic (exact) mass is 415 g/mol. The molecule has 1 fully saturated rings. The first-order valence-corrected chi connectivity index (χ1v) is 9.43. The summed E-state index contributed by atoms with van der Waals surface area (Å²) < 4.78 is 0. The lowest BCUT2D eigenvalue weighted by Crippen LogP contribution is -2.43. The molecule has 4 nitrogen and oxygen atoms in total. The van der Waals surface area contributed by atoms with Crippen LogP contribution in [0.25, 0.3) is 0 Å². The number of halogens is 3. The van der Waals surface area contributed by atoms with Crippen LogP contribution in [0.3, 0.4) is 0 Å². The molecule has 0 bridgehead atoms. The van der Waals surface area contributed by atoms with E-state index in [1.54, 1.807) is 24.3 Å². The van der Waals surface area contributed by atoms with Crippen molar-refractivity contribution in [3.05, 3.63) is 68.7 Å². The Morgan fingerprint density at radius 3 is 2.16 bits per heavy atom. The highest BCUT2D eigenvalue weighted by atomic mass is 35.5. The summed E-state index contributed by atoms with van der Waals surface area (Å²) in [6.45, 7) is 0. The first kappa shape index (κ1) is 18.4. The Kier molecular flexibility index (Phi) is 5.49. The molecular weight excluding hydrogens is 405 g/mol. The van der Waals surface area contributed by atoms with Gasteiger partial charge in [-0.3, -0.25) is 4.79 Å². The van der Waals surface area contributed by atoms with Gasteiger partial charge in [-0.15, -0.1) is 11.8 Å². The van der Waals surface area contributed by atoms with Gasteiger partial charge in [0.1, 0.15) is 11.4 Å². The number of benzene rings is 2. The molecule has 2 aromatic rings. The molecule has 2 aromatic carbocycles. The van der Waals surface area contributed by atoms with E-state index in [0.29, 0.717) is 20.8 Å². The van der Waals surface area contributed by atoms with Crippen molar-refractivity contribution < 1.29 is 14.7 Å². The quantitative estimate of drug-likeness (QED) is 0.766. The molecule has 1 aliphatic heterocycles. The molecule has 0 radical (unpaired) electrons. The summed E-state index contributed by atoms with van der Waals surface area (Å²) in [5.41, 5.74) is 1.06. The van der Waals surface area contributed by atoms with E-state index in [-0.39, 0.29) is 5.56 Å². The first-order valence-electron chi connectivity index (χ1n) is 7.25. The molecule has 8 heteroatoms. The fraction of sp³-hybridized carbons (Fsp3) is 0.176. The predicted octanol–water partition coefficient (Wildman–Crippen LogP) is 4.99. The maximum Gasteiger partial charge on any atom is 0.327 e. The summed E-state index contributed by atoms with van der Waals surface area (Å²) in [7, 11) is 0. The van der Waals surface area contributed by atoms with Crippen molar-refractivity contribution in [2.24, 2.45) is 0 Å². The standard InChI is InChI=1S/C17H12Cl3NO3S/c18-11-3-1-9(2-4-11)16-21(14(8-25-16)17(23)24)15(22)10-5-12(19)7-13(20)6-10/h1-7,14,16H,8H2,(H,23,24). The minimum absolute atomic E-state index is 0.255. The van der Waals surface area contributed by atoms with Gasteiger partial charge in [-0.25, -0.2) is 4.79 Å². The minimum Gasteiger partial charge on any atom is -0.480 e. The van der Waals surface area contributed by atoms with Crippen LogP contribution >= 0.6 is 46.6 Å². The van der Waals surface area contributed by atoms with Crippen molar-refractivity contribution in [2.75, 3.05) is 5.75 Å². The molecular formula is C17H12Cl3NO3S. The Morgan fingerprint density at radius 1 is 1.00 bits per heavy atom. The van der Waals surface area contributed by atoms with Crippen molar-refractivity contribution in [3.8, 4) is 0 Å². The molecule has 2 atom stereocenters. The molecule has 1 heterocycles. The van der Waals surface area contributed by atoms with Gasteiger partial charge < -0.3 is 10.0 Å². The van der Waals surface area contributed by atoms with E-state index in [4.69, 9.17) is 34.8 Å². The number of amides is 1. The lowest BCUT2D eigenvalue weighted by molar-refractivity contribution is -0.141. The van der Waals surface area contributed by atoms with Crippen molar-refractivity contribution in [1.29, 1.82) is 0 Å². The molecule has 2 unspecified atom stereocenters. The molecule has 3 rings (SSSR count). The number of carboxylic acid groups (broad SMARTS) is 1. The van der Waals surface area contributed by atoms with Crippen LogP contribution < -0.4 is 0 Å². The lowest BCUT2D eigenvalue weighted by Gasteiger charge is -2.28. The van der Waals surface area contributed by atoms with Gasteiger partial charge in [-0.05, 0) is 35.9 Å². The Bertz CT molecular complexity index is 808. The summed E-state index contributed by atoms with van der Waals surface area (Å²) in [6.07, 6.45) is 0. The smallest absolute Gasteiger partial charge is 0.327 e. The summed E-state index contributed by atoms with van der Waals surface area (Å²) >= 11 is 19.3. The number of aliphatic carboxylic acids is 1. The average Bonchev–Trinajstić information content (AvgIpc) is 2.99. The van der Waals surface area contributed by atoms with Gasteiger partial charge in [0.15, 0.2) is 0 Å². The Labute approximate surface area is 163 Å². The SMILES string of the molecule is O=C(O)C1CSC(c2ccc(Cl)cc2)N1C(=O)c1cc(Cl)cc(Cl)c1. The van der Waals surface area contributed by atoms with Crippen LogP contribution in [-0.2, 0) is 4.79 Å². The highest BCUT2D eigenvalue weighted by molar-refractivity contribution is 7.99. The van der Waals surface area contributed by atoms with Crippen molar-refractivity contribution in [2.45, 2.75) is 11.4 Å². The second-order valence-electron chi connectivity index (χ2n) is 5.46. The molecule has 0 aliphatic carbocycles. The molecule has 1 saturated heterocycles. The van der Waals surface area contributed by atoms with Crippen molar-refractivity contribution >= 4 is 58.4 Å². The second-order valence-corrected chi connectivity index (χ2v) is 7.88. The Hall–Kier alpha value is -1.40. The highest BCUT2D eigenvalue weighted by Gasteiger charge is 2.42. The summed E-state index contributed by atoms with van der Waals surface area (Å²) in [5.74, 6) is -1.19. The Morgan fingerprint density at radius 2 is 1.60 bits per heavy atom. The zero-order valence-corrected chi connectivity index (χ0v) is 15.7. The number of hydrogen-bond donors (Lipinski definition) is 1. The maximum atomic E-state index is 13.0. The summed E-state index contributed by atoms with van der Waals surface area (Å²) in [5, 5.41) is 10.3. The van der Waals surface area contributed by atoms with Gasteiger partial charge in [-0.1, -0.05) is 46.9 Å². The van der Waals surface area contributed by atoms with E-state index >= 15 is 0 Å². The van der Waals surface area contributed by atoms with Gasteiger partial charge in [0.25, 0.3) is 5.91 Å². The van der Waals surface area contributed by atoms with Crippen LogP contribution in [0.4, 0.5) is 0 Å². The van der Waals surface area contributed by atoms with Gasteiger partial charge in [0.05, 0.1) is 0 Å². The number of nitrogens with zero attached hydrogens (tertiary/aromatic N) is 1. The van der Waals surface area contributed by atoms with Gasteiger partial charge in [-0.2, -0.15) is 0 Å². The highest BCUT2D eigenvalue weighted by Crippen LogP contribution is 2.42. The van der Waals surface area contributed by atoms with Crippen LogP contribution in [0, 0.1) is 0 Å². The Balaban J connectivity index is 2.01. The van der Waals surface area contributed by atoms with E-state index in [1.165, 1.54) is 34.9 Å². The number of carboxylic acids is 1. The summed E-state index contributed by atoms with van der Waals surface area (Å²) in [4.78, 5) is 26.0. The fourth-order valence-electron chi connectivity index (χ4n) is 2.66. The van der Waals surface area contributed by atoms with Crippen LogP contribution in [0.1, 0.15) is 21.3 Å². The predicted molar refractivity (Wildman–Crippen MR) is 101 cm³/mol. The largest absolute Gasteiger partial charge is 0.480 e. The minimum atomic E-state index is -1.05. The molecule has 0 aromatic heterocycles. The van der Waals surface area contributed by atoms with Crippen molar-refractivity contribution in [1.82, 2.24) is 4.90 Å². The van der Waals surface area contributed by atoms with Gasteiger partial charge in [0, 0.05) is 26.4 Å². The van der Waals surface area contributed by atoms with E-state index < -0.39 is 23.3 Å². The molecule has 0 spiro atoms. The molecule has 1 amide bonds. The fourth-order valence-corrected chi connectivity index (χ4v) is 4.73.